The van der Waals surface area contributed by atoms with Crippen molar-refractivity contribution in [1.29, 1.82) is 0 Å². The molecule has 4 aliphatic rings. The Kier molecular flexibility index (Phi) is 5.11. The number of amides is 1. The van der Waals surface area contributed by atoms with Gasteiger partial charge < -0.3 is 15.3 Å². The van der Waals surface area contributed by atoms with Gasteiger partial charge in [-0.05, 0) is 67.4 Å². The maximum atomic E-state index is 12.9. The van der Waals surface area contributed by atoms with E-state index >= 15 is 0 Å². The highest BCUT2D eigenvalue weighted by Crippen LogP contribution is 2.61. The second kappa shape index (κ2) is 7.41. The normalized spacial score (nSPS) is 31.0. The van der Waals surface area contributed by atoms with Crippen LogP contribution in [-0.4, -0.2) is 36.6 Å². The highest BCUT2D eigenvalue weighted by atomic mass is 16.4. The summed E-state index contributed by atoms with van der Waals surface area (Å²) in [5, 5.41) is 12.7. The summed E-state index contributed by atoms with van der Waals surface area (Å²) in [6.45, 7) is 6.96. The van der Waals surface area contributed by atoms with Gasteiger partial charge in [-0.3, -0.25) is 4.79 Å². The Labute approximate surface area is 167 Å². The van der Waals surface area contributed by atoms with Crippen molar-refractivity contribution in [3.05, 3.63) is 29.8 Å². The summed E-state index contributed by atoms with van der Waals surface area (Å²) in [7, 11) is 0. The number of carbonyl (C=O) groups is 2. The van der Waals surface area contributed by atoms with E-state index in [-0.39, 0.29) is 11.8 Å². The van der Waals surface area contributed by atoms with Crippen molar-refractivity contribution in [3.63, 3.8) is 0 Å². The zero-order valence-corrected chi connectivity index (χ0v) is 17.0. The largest absolute Gasteiger partial charge is 0.478 e. The molecule has 3 aliphatic carbocycles. The Hall–Kier alpha value is -2.04. The molecule has 2 N–H and O–H groups in total. The van der Waals surface area contributed by atoms with Gasteiger partial charge in [0.2, 0.25) is 5.91 Å². The minimum atomic E-state index is -0.916. The number of hydrogen-bond acceptors (Lipinski definition) is 3. The molecule has 1 aliphatic heterocycles. The smallest absolute Gasteiger partial charge is 0.337 e. The van der Waals surface area contributed by atoms with Gasteiger partial charge in [0.1, 0.15) is 0 Å². The number of hydrogen-bond donors (Lipinski definition) is 2. The van der Waals surface area contributed by atoms with Crippen molar-refractivity contribution in [2.75, 3.05) is 24.5 Å². The molecule has 1 aromatic rings. The summed E-state index contributed by atoms with van der Waals surface area (Å²) < 4.78 is 0. The van der Waals surface area contributed by atoms with Crippen LogP contribution in [0.15, 0.2) is 24.3 Å². The number of nitrogens with one attached hydrogen (secondary N) is 1. The van der Waals surface area contributed by atoms with Gasteiger partial charge in [-0.25, -0.2) is 4.79 Å². The average molecular weight is 385 g/mol. The summed E-state index contributed by atoms with van der Waals surface area (Å²) in [6.07, 6.45) is 5.65. The average Bonchev–Trinajstić information content (AvgIpc) is 2.72. The number of aromatic carboxylic acids is 1. The fourth-order valence-corrected chi connectivity index (χ4v) is 5.92. The predicted octanol–water partition coefficient (Wildman–Crippen LogP) is 3.79. The van der Waals surface area contributed by atoms with Crippen LogP contribution in [0.1, 0.15) is 56.3 Å². The number of carboxylic acid groups (broad SMARTS) is 1. The Morgan fingerprint density at radius 3 is 2.71 bits per heavy atom. The van der Waals surface area contributed by atoms with E-state index in [1.807, 2.05) is 12.1 Å². The van der Waals surface area contributed by atoms with E-state index in [1.165, 1.54) is 19.3 Å². The van der Waals surface area contributed by atoms with Crippen LogP contribution in [-0.2, 0) is 4.79 Å². The number of piperidine rings is 1. The van der Waals surface area contributed by atoms with E-state index in [0.717, 1.165) is 43.5 Å². The minimum absolute atomic E-state index is 0.0682. The number of benzene rings is 1. The SMILES string of the molecule is CC1(C)[C@H]2CC[C@@H](CNC(=O)[C@@H]3CCCN(c4ccccc4C(=O)O)C3)[C@@H]1C2. The van der Waals surface area contributed by atoms with E-state index in [4.69, 9.17) is 0 Å². The molecule has 28 heavy (non-hydrogen) atoms. The molecule has 1 heterocycles. The molecule has 0 spiro atoms. The van der Waals surface area contributed by atoms with Gasteiger partial charge in [0, 0.05) is 19.6 Å². The van der Waals surface area contributed by atoms with Crippen molar-refractivity contribution in [2.24, 2.45) is 29.1 Å². The first-order valence-corrected chi connectivity index (χ1v) is 10.7. The lowest BCUT2D eigenvalue weighted by molar-refractivity contribution is -0.128. The van der Waals surface area contributed by atoms with Crippen molar-refractivity contribution < 1.29 is 14.7 Å². The first kappa shape index (κ1) is 19.3. The van der Waals surface area contributed by atoms with Gasteiger partial charge >= 0.3 is 5.97 Å². The molecule has 3 saturated carbocycles. The van der Waals surface area contributed by atoms with Gasteiger partial charge in [0.15, 0.2) is 0 Å². The summed E-state index contributed by atoms with van der Waals surface area (Å²) in [5.41, 5.74) is 1.48. The van der Waals surface area contributed by atoms with Gasteiger partial charge in [-0.1, -0.05) is 26.0 Å². The molecule has 1 saturated heterocycles. The summed E-state index contributed by atoms with van der Waals surface area (Å²) in [5.74, 6) is 1.39. The quantitative estimate of drug-likeness (QED) is 0.810. The van der Waals surface area contributed by atoms with Gasteiger partial charge in [0.25, 0.3) is 0 Å². The van der Waals surface area contributed by atoms with E-state index in [2.05, 4.69) is 24.1 Å². The molecule has 152 valence electrons. The van der Waals surface area contributed by atoms with Crippen molar-refractivity contribution in [3.8, 4) is 0 Å². The lowest BCUT2D eigenvalue weighted by Gasteiger charge is -2.60. The monoisotopic (exact) mass is 384 g/mol. The van der Waals surface area contributed by atoms with E-state index < -0.39 is 5.97 Å². The Balaban J connectivity index is 1.36. The summed E-state index contributed by atoms with van der Waals surface area (Å²) in [6, 6.07) is 7.10. The van der Waals surface area contributed by atoms with E-state index in [9.17, 15) is 14.7 Å². The molecule has 0 unspecified atom stereocenters. The second-order valence-corrected chi connectivity index (χ2v) is 9.55. The van der Waals surface area contributed by atoms with Crippen LogP contribution in [0.3, 0.4) is 0 Å². The zero-order chi connectivity index (χ0) is 19.9. The molecule has 1 amide bonds. The minimum Gasteiger partial charge on any atom is -0.478 e. The number of fused-ring (bicyclic) bond motifs is 2. The highest BCUT2D eigenvalue weighted by Gasteiger charge is 2.54. The van der Waals surface area contributed by atoms with Crippen molar-refractivity contribution >= 4 is 17.6 Å². The molecule has 1 aromatic carbocycles. The van der Waals surface area contributed by atoms with Crippen LogP contribution in [0.25, 0.3) is 0 Å². The number of carboxylic acids is 1. The molecular formula is C23H32N2O3. The van der Waals surface area contributed by atoms with E-state index in [0.29, 0.717) is 23.4 Å². The molecule has 4 atom stereocenters. The van der Waals surface area contributed by atoms with Crippen LogP contribution >= 0.6 is 0 Å². The molecule has 5 nitrogen and oxygen atoms in total. The summed E-state index contributed by atoms with van der Waals surface area (Å²) in [4.78, 5) is 26.5. The third-order valence-electron chi connectivity index (χ3n) is 7.81. The number of para-hydroxylation sites is 1. The number of carbonyl (C=O) groups excluding carboxylic acids is 1. The zero-order valence-electron chi connectivity index (χ0n) is 17.0. The molecule has 0 radical (unpaired) electrons. The number of nitrogens with zero attached hydrogens (tertiary/aromatic N) is 1. The first-order chi connectivity index (χ1) is 13.4. The molecule has 5 rings (SSSR count). The predicted molar refractivity (Wildman–Crippen MR) is 109 cm³/mol. The summed E-state index contributed by atoms with van der Waals surface area (Å²) >= 11 is 0. The maximum absolute atomic E-state index is 12.9. The Morgan fingerprint density at radius 2 is 2.00 bits per heavy atom. The van der Waals surface area contributed by atoms with Crippen LogP contribution in [0.2, 0.25) is 0 Å². The third-order valence-corrected chi connectivity index (χ3v) is 7.81. The second-order valence-electron chi connectivity index (χ2n) is 9.55. The lowest BCUT2D eigenvalue weighted by atomic mass is 9.45. The van der Waals surface area contributed by atoms with Crippen LogP contribution in [0, 0.1) is 29.1 Å². The van der Waals surface area contributed by atoms with Crippen LogP contribution < -0.4 is 10.2 Å². The Bertz CT molecular complexity index is 758. The standard InChI is InChI=1S/C23H32N2O3/c1-23(2)17-10-9-15(19(23)12-17)13-24-21(26)16-6-5-11-25(14-16)20-8-4-3-7-18(20)22(27)28/h3-4,7-8,15-17,19H,5-6,9-14H2,1-2H3,(H,24,26)(H,27,28)/t15-,16+,17-,19-/m0/s1. The molecule has 0 aromatic heterocycles. The first-order valence-electron chi connectivity index (χ1n) is 10.7. The van der Waals surface area contributed by atoms with Gasteiger partial charge in [-0.2, -0.15) is 0 Å². The molecule has 2 bridgehead atoms. The van der Waals surface area contributed by atoms with Crippen molar-refractivity contribution in [2.45, 2.75) is 46.0 Å². The van der Waals surface area contributed by atoms with E-state index in [1.54, 1.807) is 12.1 Å². The number of anilines is 1. The van der Waals surface area contributed by atoms with Gasteiger partial charge in [0.05, 0.1) is 17.2 Å². The molecule has 5 heteroatoms. The topological polar surface area (TPSA) is 69.6 Å². The fourth-order valence-electron chi connectivity index (χ4n) is 5.92. The Morgan fingerprint density at radius 1 is 1.21 bits per heavy atom. The van der Waals surface area contributed by atoms with Crippen molar-refractivity contribution in [1.82, 2.24) is 5.32 Å². The molecular weight excluding hydrogens is 352 g/mol. The third kappa shape index (κ3) is 3.40. The van der Waals surface area contributed by atoms with Gasteiger partial charge in [-0.15, -0.1) is 0 Å². The number of rotatable bonds is 5. The highest BCUT2D eigenvalue weighted by molar-refractivity contribution is 5.94. The van der Waals surface area contributed by atoms with Crippen LogP contribution in [0.4, 0.5) is 5.69 Å². The maximum Gasteiger partial charge on any atom is 0.337 e. The van der Waals surface area contributed by atoms with Crippen LogP contribution in [0.5, 0.6) is 0 Å². The fraction of sp³-hybridized carbons (Fsp3) is 0.652. The molecule has 4 fully saturated rings. The lowest BCUT2D eigenvalue weighted by Crippen LogP contribution is -2.55.